The predicted octanol–water partition coefficient (Wildman–Crippen LogP) is 1.02. The van der Waals surface area contributed by atoms with Gasteiger partial charge in [-0.25, -0.2) is 0 Å². The number of carbonyl (C=O) groups excluding carboxylic acids is 1. The molecule has 2 unspecified atom stereocenters. The van der Waals surface area contributed by atoms with Crippen LogP contribution in [0.3, 0.4) is 0 Å². The third-order valence-corrected chi connectivity index (χ3v) is 3.95. The minimum atomic E-state index is -0.540. The fourth-order valence-electron chi connectivity index (χ4n) is 2.80. The lowest BCUT2D eigenvalue weighted by Gasteiger charge is -2.35. The van der Waals surface area contributed by atoms with Crippen LogP contribution >= 0.6 is 0 Å². The summed E-state index contributed by atoms with van der Waals surface area (Å²) in [5.74, 6) is 1.77. The fourth-order valence-corrected chi connectivity index (χ4v) is 2.80. The molecule has 2 heterocycles. The van der Waals surface area contributed by atoms with Crippen LogP contribution in [0.5, 0.6) is 11.5 Å². The van der Waals surface area contributed by atoms with Gasteiger partial charge in [-0.05, 0) is 37.4 Å². The van der Waals surface area contributed by atoms with Gasteiger partial charge in [0, 0.05) is 13.1 Å². The molecule has 2 aliphatic rings. The van der Waals surface area contributed by atoms with Crippen molar-refractivity contribution in [1.29, 1.82) is 0 Å². The van der Waals surface area contributed by atoms with E-state index < -0.39 is 6.10 Å². The van der Waals surface area contributed by atoms with Crippen LogP contribution in [0, 0.1) is 5.92 Å². The van der Waals surface area contributed by atoms with Gasteiger partial charge in [-0.3, -0.25) is 4.79 Å². The van der Waals surface area contributed by atoms with Crippen LogP contribution in [0.1, 0.15) is 12.8 Å². The number of carbonyl (C=O) groups is 1. The van der Waals surface area contributed by atoms with E-state index in [0.29, 0.717) is 24.0 Å². The van der Waals surface area contributed by atoms with Crippen molar-refractivity contribution in [3.63, 3.8) is 0 Å². The molecular formula is C15H20N2O3. The van der Waals surface area contributed by atoms with Crippen molar-refractivity contribution in [2.75, 3.05) is 26.2 Å². The fraction of sp³-hybridized carbons (Fsp3) is 0.533. The van der Waals surface area contributed by atoms with Crippen molar-refractivity contribution in [3.8, 4) is 11.5 Å². The van der Waals surface area contributed by atoms with Gasteiger partial charge >= 0.3 is 0 Å². The monoisotopic (exact) mass is 276 g/mol. The summed E-state index contributed by atoms with van der Waals surface area (Å²) in [5.41, 5.74) is 5.71. The Kier molecular flexibility index (Phi) is 3.78. The Morgan fingerprint density at radius 2 is 2.15 bits per heavy atom. The molecule has 20 heavy (non-hydrogen) atoms. The van der Waals surface area contributed by atoms with Gasteiger partial charge in [0.1, 0.15) is 6.61 Å². The minimum Gasteiger partial charge on any atom is -0.485 e. The van der Waals surface area contributed by atoms with E-state index in [1.54, 1.807) is 0 Å². The van der Waals surface area contributed by atoms with Crippen molar-refractivity contribution in [3.05, 3.63) is 24.3 Å². The molecule has 108 valence electrons. The van der Waals surface area contributed by atoms with E-state index in [9.17, 15) is 4.79 Å². The molecule has 2 aliphatic heterocycles. The maximum Gasteiger partial charge on any atom is 0.267 e. The van der Waals surface area contributed by atoms with Gasteiger partial charge in [0.25, 0.3) is 5.91 Å². The number of nitrogens with two attached hydrogens (primary N) is 1. The number of ether oxygens (including phenoxy) is 2. The van der Waals surface area contributed by atoms with Gasteiger partial charge in [0.2, 0.25) is 6.10 Å². The molecule has 5 nitrogen and oxygen atoms in total. The molecule has 5 heteroatoms. The Balaban J connectivity index is 1.67. The summed E-state index contributed by atoms with van der Waals surface area (Å²) in [4.78, 5) is 14.4. The van der Waals surface area contributed by atoms with Crippen LogP contribution in [-0.2, 0) is 4.79 Å². The lowest BCUT2D eigenvalue weighted by molar-refractivity contribution is -0.143. The predicted molar refractivity (Wildman–Crippen MR) is 74.7 cm³/mol. The number of rotatable bonds is 2. The number of amides is 1. The van der Waals surface area contributed by atoms with Crippen molar-refractivity contribution in [2.24, 2.45) is 11.7 Å². The maximum absolute atomic E-state index is 12.5. The standard InChI is InChI=1S/C15H20N2O3/c16-8-11-4-3-7-17(9-11)15(18)14-10-19-12-5-1-2-6-13(12)20-14/h1-2,5-6,11,14H,3-4,7-10,16H2. The Hall–Kier alpha value is -1.75. The molecule has 0 radical (unpaired) electrons. The van der Waals surface area contributed by atoms with E-state index in [2.05, 4.69) is 0 Å². The first-order valence-electron chi connectivity index (χ1n) is 7.15. The normalized spacial score (nSPS) is 25.4. The molecule has 3 rings (SSSR count). The Morgan fingerprint density at radius 3 is 2.95 bits per heavy atom. The van der Waals surface area contributed by atoms with Crippen molar-refractivity contribution < 1.29 is 14.3 Å². The van der Waals surface area contributed by atoms with Crippen LogP contribution in [0.15, 0.2) is 24.3 Å². The van der Waals surface area contributed by atoms with E-state index in [1.807, 2.05) is 29.2 Å². The van der Waals surface area contributed by atoms with Crippen molar-refractivity contribution in [2.45, 2.75) is 18.9 Å². The van der Waals surface area contributed by atoms with Crippen LogP contribution in [0.2, 0.25) is 0 Å². The van der Waals surface area contributed by atoms with E-state index in [-0.39, 0.29) is 12.5 Å². The molecule has 1 fully saturated rings. The smallest absolute Gasteiger partial charge is 0.267 e. The molecule has 1 aromatic carbocycles. The number of piperidine rings is 1. The van der Waals surface area contributed by atoms with Gasteiger partial charge in [-0.2, -0.15) is 0 Å². The highest BCUT2D eigenvalue weighted by atomic mass is 16.6. The van der Waals surface area contributed by atoms with Gasteiger partial charge in [-0.15, -0.1) is 0 Å². The second kappa shape index (κ2) is 5.71. The molecule has 0 saturated carbocycles. The molecule has 0 aromatic heterocycles. The average Bonchev–Trinajstić information content (AvgIpc) is 2.53. The van der Waals surface area contributed by atoms with E-state index in [4.69, 9.17) is 15.2 Å². The minimum absolute atomic E-state index is 0.0117. The Labute approximate surface area is 118 Å². The molecule has 0 bridgehead atoms. The third-order valence-electron chi connectivity index (χ3n) is 3.95. The summed E-state index contributed by atoms with van der Waals surface area (Å²) in [7, 11) is 0. The van der Waals surface area contributed by atoms with Crippen LogP contribution in [-0.4, -0.2) is 43.2 Å². The lowest BCUT2D eigenvalue weighted by Crippen LogP contribution is -2.50. The molecule has 1 saturated heterocycles. The molecular weight excluding hydrogens is 256 g/mol. The molecule has 2 N–H and O–H groups in total. The first-order valence-corrected chi connectivity index (χ1v) is 7.15. The second-order valence-corrected chi connectivity index (χ2v) is 5.39. The molecule has 1 amide bonds. The summed E-state index contributed by atoms with van der Waals surface area (Å²) < 4.78 is 11.4. The number of hydrogen-bond donors (Lipinski definition) is 1. The topological polar surface area (TPSA) is 64.8 Å². The molecule has 2 atom stereocenters. The van der Waals surface area contributed by atoms with E-state index in [1.165, 1.54) is 0 Å². The first kappa shape index (κ1) is 13.2. The SMILES string of the molecule is NCC1CCCN(C(=O)C2COc3ccccc3O2)C1. The number of benzene rings is 1. The van der Waals surface area contributed by atoms with Gasteiger partial charge in [0.05, 0.1) is 0 Å². The Morgan fingerprint density at radius 1 is 1.35 bits per heavy atom. The molecule has 0 spiro atoms. The average molecular weight is 276 g/mol. The highest BCUT2D eigenvalue weighted by Gasteiger charge is 2.33. The van der Waals surface area contributed by atoms with Crippen LogP contribution in [0.25, 0.3) is 0 Å². The summed E-state index contributed by atoms with van der Waals surface area (Å²) in [6.07, 6.45) is 1.57. The number of para-hydroxylation sites is 2. The highest BCUT2D eigenvalue weighted by Crippen LogP contribution is 2.31. The van der Waals surface area contributed by atoms with E-state index >= 15 is 0 Å². The maximum atomic E-state index is 12.5. The number of nitrogens with zero attached hydrogens (tertiary/aromatic N) is 1. The van der Waals surface area contributed by atoms with Gasteiger partial charge in [0.15, 0.2) is 11.5 Å². The molecule has 1 aromatic rings. The third kappa shape index (κ3) is 2.58. The summed E-state index contributed by atoms with van der Waals surface area (Å²) in [6, 6.07) is 7.44. The zero-order valence-corrected chi connectivity index (χ0v) is 11.5. The summed E-state index contributed by atoms with van der Waals surface area (Å²) in [5, 5.41) is 0. The second-order valence-electron chi connectivity index (χ2n) is 5.39. The summed E-state index contributed by atoms with van der Waals surface area (Å²) in [6.45, 7) is 2.43. The van der Waals surface area contributed by atoms with Crippen molar-refractivity contribution >= 4 is 5.91 Å². The van der Waals surface area contributed by atoms with Crippen molar-refractivity contribution in [1.82, 2.24) is 4.90 Å². The number of likely N-dealkylation sites (tertiary alicyclic amines) is 1. The largest absolute Gasteiger partial charge is 0.485 e. The van der Waals surface area contributed by atoms with Gasteiger partial charge in [-0.1, -0.05) is 12.1 Å². The van der Waals surface area contributed by atoms with Crippen LogP contribution < -0.4 is 15.2 Å². The zero-order valence-electron chi connectivity index (χ0n) is 11.5. The Bertz CT molecular complexity index is 492. The zero-order chi connectivity index (χ0) is 13.9. The highest BCUT2D eigenvalue weighted by molar-refractivity contribution is 5.82. The van der Waals surface area contributed by atoms with Gasteiger partial charge < -0.3 is 20.1 Å². The number of fused-ring (bicyclic) bond motifs is 1. The number of hydrogen-bond acceptors (Lipinski definition) is 4. The lowest BCUT2D eigenvalue weighted by atomic mass is 9.98. The van der Waals surface area contributed by atoms with Crippen LogP contribution in [0.4, 0.5) is 0 Å². The summed E-state index contributed by atoms with van der Waals surface area (Å²) >= 11 is 0. The molecule has 0 aliphatic carbocycles. The quantitative estimate of drug-likeness (QED) is 0.876. The first-order chi connectivity index (χ1) is 9.78. The van der Waals surface area contributed by atoms with E-state index in [0.717, 1.165) is 25.9 Å².